The highest BCUT2D eigenvalue weighted by Gasteiger charge is 2.17. The molecule has 0 aliphatic carbocycles. The van der Waals surface area contributed by atoms with Gasteiger partial charge in [-0.2, -0.15) is 0 Å². The lowest BCUT2D eigenvalue weighted by Gasteiger charge is -2.23. The van der Waals surface area contributed by atoms with Gasteiger partial charge < -0.3 is 10.1 Å². The van der Waals surface area contributed by atoms with Gasteiger partial charge in [-0.05, 0) is 47.7 Å². The number of amides is 1. The van der Waals surface area contributed by atoms with E-state index in [1.54, 1.807) is 18.2 Å². The highest BCUT2D eigenvalue weighted by molar-refractivity contribution is 6.36. The summed E-state index contributed by atoms with van der Waals surface area (Å²) in [5, 5.41) is 3.61. The van der Waals surface area contributed by atoms with E-state index < -0.39 is 0 Å². The van der Waals surface area contributed by atoms with E-state index in [-0.39, 0.29) is 17.9 Å². The second kappa shape index (κ2) is 7.91. The van der Waals surface area contributed by atoms with Crippen molar-refractivity contribution in [2.24, 2.45) is 0 Å². The van der Waals surface area contributed by atoms with Crippen LogP contribution >= 0.6 is 23.2 Å². The molecule has 2 aromatic rings. The zero-order valence-corrected chi connectivity index (χ0v) is 15.5. The van der Waals surface area contributed by atoms with Gasteiger partial charge in [-0.3, -0.25) is 4.79 Å². The van der Waals surface area contributed by atoms with Crippen molar-refractivity contribution in [2.45, 2.75) is 32.6 Å². The molecule has 5 heteroatoms. The van der Waals surface area contributed by atoms with Crippen molar-refractivity contribution in [3.8, 4) is 5.75 Å². The standard InChI is InChI=1S/C19H21Cl2NO2/c1-4-19(2,3)13-5-8-15(9-6-13)24-12-18(23)22-17-10-7-14(20)11-16(17)21/h5-11H,4,12H2,1-3H3,(H,22,23). The Morgan fingerprint density at radius 3 is 2.38 bits per heavy atom. The minimum atomic E-state index is -0.280. The highest BCUT2D eigenvalue weighted by atomic mass is 35.5. The summed E-state index contributed by atoms with van der Waals surface area (Å²) in [7, 11) is 0. The Balaban J connectivity index is 1.92. The summed E-state index contributed by atoms with van der Waals surface area (Å²) in [6.45, 7) is 6.48. The third-order valence-electron chi connectivity index (χ3n) is 4.09. The monoisotopic (exact) mass is 365 g/mol. The molecule has 0 bridgehead atoms. The molecule has 0 unspecified atom stereocenters. The predicted octanol–water partition coefficient (Wildman–Crippen LogP) is 5.70. The number of benzene rings is 2. The molecule has 2 aromatic carbocycles. The predicted molar refractivity (Wildman–Crippen MR) is 100 cm³/mol. The lowest BCUT2D eigenvalue weighted by Crippen LogP contribution is -2.20. The van der Waals surface area contributed by atoms with Gasteiger partial charge in [-0.1, -0.05) is 56.1 Å². The minimum Gasteiger partial charge on any atom is -0.484 e. The quantitative estimate of drug-likeness (QED) is 0.712. The Kier molecular flexibility index (Phi) is 6.14. The fraction of sp³-hybridized carbons (Fsp3) is 0.316. The van der Waals surface area contributed by atoms with Crippen LogP contribution < -0.4 is 10.1 Å². The smallest absolute Gasteiger partial charge is 0.262 e. The molecule has 0 saturated carbocycles. The number of carbonyl (C=O) groups excluding carboxylic acids is 1. The molecule has 1 amide bonds. The largest absolute Gasteiger partial charge is 0.484 e. The van der Waals surface area contributed by atoms with Crippen molar-refractivity contribution >= 4 is 34.8 Å². The first-order valence-corrected chi connectivity index (χ1v) is 8.55. The lowest BCUT2D eigenvalue weighted by molar-refractivity contribution is -0.118. The molecule has 0 aromatic heterocycles. The van der Waals surface area contributed by atoms with E-state index in [0.29, 0.717) is 21.5 Å². The van der Waals surface area contributed by atoms with Gasteiger partial charge in [0, 0.05) is 5.02 Å². The minimum absolute atomic E-state index is 0.0878. The number of hydrogen-bond acceptors (Lipinski definition) is 2. The van der Waals surface area contributed by atoms with E-state index in [1.165, 1.54) is 5.56 Å². The number of hydrogen-bond donors (Lipinski definition) is 1. The number of nitrogens with one attached hydrogen (secondary N) is 1. The van der Waals surface area contributed by atoms with Crippen molar-refractivity contribution in [3.63, 3.8) is 0 Å². The summed E-state index contributed by atoms with van der Waals surface area (Å²) in [5.41, 5.74) is 1.88. The molecule has 3 nitrogen and oxygen atoms in total. The average molecular weight is 366 g/mol. The van der Waals surface area contributed by atoms with Gasteiger partial charge in [0.05, 0.1) is 10.7 Å². The van der Waals surface area contributed by atoms with Gasteiger partial charge in [0.1, 0.15) is 5.75 Å². The van der Waals surface area contributed by atoms with E-state index in [1.807, 2.05) is 24.3 Å². The van der Waals surface area contributed by atoms with E-state index in [4.69, 9.17) is 27.9 Å². The fourth-order valence-electron chi connectivity index (χ4n) is 2.13. The molecule has 0 aliphatic heterocycles. The van der Waals surface area contributed by atoms with Crippen LogP contribution in [0.5, 0.6) is 5.75 Å². The first-order valence-electron chi connectivity index (χ1n) is 7.80. The van der Waals surface area contributed by atoms with Gasteiger partial charge in [0.25, 0.3) is 5.91 Å². The van der Waals surface area contributed by atoms with Crippen LogP contribution in [0.15, 0.2) is 42.5 Å². The summed E-state index contributed by atoms with van der Waals surface area (Å²) in [6.07, 6.45) is 1.05. The molecule has 0 spiro atoms. The van der Waals surface area contributed by atoms with E-state index >= 15 is 0 Å². The van der Waals surface area contributed by atoms with Crippen LogP contribution in [0.3, 0.4) is 0 Å². The van der Waals surface area contributed by atoms with Gasteiger partial charge in [0.15, 0.2) is 6.61 Å². The van der Waals surface area contributed by atoms with Crippen LogP contribution in [-0.4, -0.2) is 12.5 Å². The second-order valence-electron chi connectivity index (χ2n) is 6.22. The maximum Gasteiger partial charge on any atom is 0.262 e. The van der Waals surface area contributed by atoms with Gasteiger partial charge in [-0.25, -0.2) is 0 Å². The van der Waals surface area contributed by atoms with Crippen molar-refractivity contribution in [1.29, 1.82) is 0 Å². The number of rotatable bonds is 6. The van der Waals surface area contributed by atoms with Gasteiger partial charge >= 0.3 is 0 Å². The molecule has 128 valence electrons. The van der Waals surface area contributed by atoms with Crippen molar-refractivity contribution < 1.29 is 9.53 Å². The van der Waals surface area contributed by atoms with Gasteiger partial charge in [-0.15, -0.1) is 0 Å². The summed E-state index contributed by atoms with van der Waals surface area (Å²) >= 11 is 11.9. The molecule has 0 saturated heterocycles. The molecule has 0 radical (unpaired) electrons. The summed E-state index contributed by atoms with van der Waals surface area (Å²) in [5.74, 6) is 0.375. The topological polar surface area (TPSA) is 38.3 Å². The Morgan fingerprint density at radius 2 is 1.79 bits per heavy atom. The molecule has 0 heterocycles. The molecule has 0 atom stereocenters. The van der Waals surface area contributed by atoms with E-state index in [9.17, 15) is 4.79 Å². The van der Waals surface area contributed by atoms with E-state index in [2.05, 4.69) is 26.1 Å². The van der Waals surface area contributed by atoms with Gasteiger partial charge in [0.2, 0.25) is 0 Å². The van der Waals surface area contributed by atoms with Crippen LogP contribution in [0, 0.1) is 0 Å². The summed E-state index contributed by atoms with van der Waals surface area (Å²) < 4.78 is 5.52. The second-order valence-corrected chi connectivity index (χ2v) is 7.07. The molecule has 0 fully saturated rings. The van der Waals surface area contributed by atoms with E-state index in [0.717, 1.165) is 6.42 Å². The van der Waals surface area contributed by atoms with Crippen LogP contribution in [0.4, 0.5) is 5.69 Å². The first kappa shape index (κ1) is 18.6. The van der Waals surface area contributed by atoms with Crippen molar-refractivity contribution in [2.75, 3.05) is 11.9 Å². The summed E-state index contributed by atoms with van der Waals surface area (Å²) in [6, 6.07) is 12.7. The Hall–Kier alpha value is -1.71. The maximum absolute atomic E-state index is 12.0. The fourth-order valence-corrected chi connectivity index (χ4v) is 2.59. The molecular formula is C19H21Cl2NO2. The number of halogens is 2. The number of anilines is 1. The Morgan fingerprint density at radius 1 is 1.12 bits per heavy atom. The third-order valence-corrected chi connectivity index (χ3v) is 4.64. The lowest BCUT2D eigenvalue weighted by atomic mass is 9.82. The number of carbonyl (C=O) groups is 1. The first-order chi connectivity index (χ1) is 11.3. The van der Waals surface area contributed by atoms with Crippen LogP contribution in [-0.2, 0) is 10.2 Å². The van der Waals surface area contributed by atoms with Crippen molar-refractivity contribution in [1.82, 2.24) is 0 Å². The van der Waals surface area contributed by atoms with Crippen LogP contribution in [0.1, 0.15) is 32.8 Å². The Bertz CT molecular complexity index is 712. The highest BCUT2D eigenvalue weighted by Crippen LogP contribution is 2.28. The molecule has 0 aliphatic rings. The SMILES string of the molecule is CCC(C)(C)c1ccc(OCC(=O)Nc2ccc(Cl)cc2Cl)cc1. The van der Waals surface area contributed by atoms with Crippen molar-refractivity contribution in [3.05, 3.63) is 58.1 Å². The number of ether oxygens (including phenoxy) is 1. The van der Waals surface area contributed by atoms with Crippen LogP contribution in [0.2, 0.25) is 10.0 Å². The Labute approximate surface area is 152 Å². The van der Waals surface area contributed by atoms with Crippen LogP contribution in [0.25, 0.3) is 0 Å². The zero-order chi connectivity index (χ0) is 17.7. The molecule has 2 rings (SSSR count). The average Bonchev–Trinajstić information content (AvgIpc) is 2.56. The summed E-state index contributed by atoms with van der Waals surface area (Å²) in [4.78, 5) is 12.0. The zero-order valence-electron chi connectivity index (χ0n) is 14.0. The molecular weight excluding hydrogens is 345 g/mol. The maximum atomic E-state index is 12.0. The third kappa shape index (κ3) is 4.89. The molecule has 24 heavy (non-hydrogen) atoms. The molecule has 1 N–H and O–H groups in total. The normalized spacial score (nSPS) is 11.2.